The first kappa shape index (κ1) is 13.4. The summed E-state index contributed by atoms with van der Waals surface area (Å²) in [5.41, 5.74) is 0.882. The Hall–Kier alpha value is -1.06. The molecule has 1 heterocycles. The molecule has 0 saturated carbocycles. The molecule has 18 heavy (non-hydrogen) atoms. The van der Waals surface area contributed by atoms with Crippen LogP contribution in [0.1, 0.15) is 44.3 Å². The van der Waals surface area contributed by atoms with E-state index in [0.29, 0.717) is 19.1 Å². The van der Waals surface area contributed by atoms with Gasteiger partial charge in [0.2, 0.25) is 0 Å². The molecule has 1 N–H and O–H groups in total. The highest BCUT2D eigenvalue weighted by Crippen LogP contribution is 2.27. The highest BCUT2D eigenvalue weighted by molar-refractivity contribution is 5.34. The van der Waals surface area contributed by atoms with E-state index in [1.165, 1.54) is 0 Å². The van der Waals surface area contributed by atoms with Crippen LogP contribution >= 0.6 is 0 Å². The number of ether oxygens (including phenoxy) is 2. The normalized spacial score (nSPS) is 20.9. The third kappa shape index (κ3) is 3.47. The lowest BCUT2D eigenvalue weighted by molar-refractivity contribution is 0.0894. The van der Waals surface area contributed by atoms with Crippen LogP contribution in [0.2, 0.25) is 0 Å². The molecule has 0 amide bonds. The van der Waals surface area contributed by atoms with Gasteiger partial charge in [0.15, 0.2) is 0 Å². The summed E-state index contributed by atoms with van der Waals surface area (Å²) in [6.45, 7) is 3.50. The zero-order valence-electron chi connectivity index (χ0n) is 11.0. The molecule has 3 heteroatoms. The summed E-state index contributed by atoms with van der Waals surface area (Å²) in [4.78, 5) is 0. The van der Waals surface area contributed by atoms with E-state index in [1.54, 1.807) is 0 Å². The van der Waals surface area contributed by atoms with Gasteiger partial charge in [-0.1, -0.05) is 25.1 Å². The highest BCUT2D eigenvalue weighted by atomic mass is 16.5. The van der Waals surface area contributed by atoms with Crippen molar-refractivity contribution in [1.82, 2.24) is 0 Å². The van der Waals surface area contributed by atoms with Crippen LogP contribution in [0.4, 0.5) is 0 Å². The second-order valence-corrected chi connectivity index (χ2v) is 4.73. The van der Waals surface area contributed by atoms with Crippen LogP contribution < -0.4 is 4.74 Å². The molecular weight excluding hydrogens is 228 g/mol. The van der Waals surface area contributed by atoms with Gasteiger partial charge in [-0.25, -0.2) is 0 Å². The molecule has 3 nitrogen and oxygen atoms in total. The van der Waals surface area contributed by atoms with Crippen LogP contribution in [0.5, 0.6) is 5.75 Å². The van der Waals surface area contributed by atoms with Gasteiger partial charge < -0.3 is 14.6 Å². The van der Waals surface area contributed by atoms with Gasteiger partial charge in [-0.3, -0.25) is 0 Å². The number of benzene rings is 1. The number of para-hydroxylation sites is 1. The zero-order chi connectivity index (χ0) is 12.8. The maximum atomic E-state index is 9.92. The van der Waals surface area contributed by atoms with Crippen molar-refractivity contribution in [3.8, 4) is 5.75 Å². The van der Waals surface area contributed by atoms with E-state index in [1.807, 2.05) is 31.2 Å². The van der Waals surface area contributed by atoms with E-state index in [0.717, 1.165) is 37.2 Å². The minimum atomic E-state index is -0.441. The molecule has 0 aromatic heterocycles. The Morgan fingerprint density at radius 2 is 2.28 bits per heavy atom. The molecule has 2 atom stereocenters. The Balaban J connectivity index is 1.87. The molecule has 0 aliphatic carbocycles. The average molecular weight is 250 g/mol. The van der Waals surface area contributed by atoms with E-state index in [4.69, 9.17) is 9.47 Å². The van der Waals surface area contributed by atoms with Crippen molar-refractivity contribution >= 4 is 0 Å². The number of aliphatic hydroxyl groups excluding tert-OH is 1. The van der Waals surface area contributed by atoms with Gasteiger partial charge in [0.1, 0.15) is 5.75 Å². The Kier molecular flexibility index (Phi) is 5.02. The van der Waals surface area contributed by atoms with Crippen molar-refractivity contribution in [3.63, 3.8) is 0 Å². The predicted octanol–water partition coefficient (Wildman–Crippen LogP) is 3.08. The summed E-state index contributed by atoms with van der Waals surface area (Å²) in [6, 6.07) is 7.72. The molecular formula is C15H22O3. The number of rotatable bonds is 6. The van der Waals surface area contributed by atoms with Crippen LogP contribution in [0.3, 0.4) is 0 Å². The molecule has 0 radical (unpaired) electrons. The number of hydrogen-bond acceptors (Lipinski definition) is 3. The molecule has 1 fully saturated rings. The van der Waals surface area contributed by atoms with Crippen molar-refractivity contribution < 1.29 is 14.6 Å². The van der Waals surface area contributed by atoms with E-state index < -0.39 is 6.10 Å². The smallest absolute Gasteiger partial charge is 0.125 e. The second-order valence-electron chi connectivity index (χ2n) is 4.73. The van der Waals surface area contributed by atoms with E-state index in [2.05, 4.69) is 0 Å². The Labute approximate surface area is 109 Å². The molecule has 100 valence electrons. The molecule has 0 spiro atoms. The summed E-state index contributed by atoms with van der Waals surface area (Å²) in [5.74, 6) is 0.796. The highest BCUT2D eigenvalue weighted by Gasteiger charge is 2.16. The fourth-order valence-electron chi connectivity index (χ4n) is 2.28. The van der Waals surface area contributed by atoms with Gasteiger partial charge in [0.05, 0.1) is 18.8 Å². The van der Waals surface area contributed by atoms with Crippen molar-refractivity contribution in [1.29, 1.82) is 0 Å². The van der Waals surface area contributed by atoms with Gasteiger partial charge in [-0.15, -0.1) is 0 Å². The summed E-state index contributed by atoms with van der Waals surface area (Å²) < 4.78 is 11.3. The summed E-state index contributed by atoms with van der Waals surface area (Å²) >= 11 is 0. The van der Waals surface area contributed by atoms with Gasteiger partial charge in [0.25, 0.3) is 0 Å². The zero-order valence-corrected chi connectivity index (χ0v) is 11.0. The first-order valence-corrected chi connectivity index (χ1v) is 6.82. The maximum absolute atomic E-state index is 9.92. The predicted molar refractivity (Wildman–Crippen MR) is 70.8 cm³/mol. The Bertz CT molecular complexity index is 359. The van der Waals surface area contributed by atoms with Crippen LogP contribution in [0.25, 0.3) is 0 Å². The average Bonchev–Trinajstić information content (AvgIpc) is 2.92. The topological polar surface area (TPSA) is 38.7 Å². The SMILES string of the molecule is CCC(O)c1ccccc1OCCC1CCCO1. The van der Waals surface area contributed by atoms with E-state index >= 15 is 0 Å². The fraction of sp³-hybridized carbons (Fsp3) is 0.600. The molecule has 1 aromatic rings. The van der Waals surface area contributed by atoms with Gasteiger partial charge in [0, 0.05) is 18.6 Å². The number of aliphatic hydroxyl groups is 1. The third-order valence-corrected chi connectivity index (χ3v) is 3.39. The lowest BCUT2D eigenvalue weighted by Gasteiger charge is -2.16. The van der Waals surface area contributed by atoms with Crippen molar-refractivity contribution in [2.75, 3.05) is 13.2 Å². The molecule has 1 saturated heterocycles. The molecule has 2 unspecified atom stereocenters. The quantitative estimate of drug-likeness (QED) is 0.843. The molecule has 1 aromatic carbocycles. The van der Waals surface area contributed by atoms with Crippen LogP contribution in [-0.4, -0.2) is 24.4 Å². The van der Waals surface area contributed by atoms with Crippen molar-refractivity contribution in [2.45, 2.75) is 44.8 Å². The minimum Gasteiger partial charge on any atom is -0.493 e. The van der Waals surface area contributed by atoms with Crippen LogP contribution in [0.15, 0.2) is 24.3 Å². The standard InChI is InChI=1S/C15H22O3/c1-2-14(16)13-7-3-4-8-15(13)18-11-9-12-6-5-10-17-12/h3-4,7-8,12,14,16H,2,5-6,9-11H2,1H3. The first-order chi connectivity index (χ1) is 8.81. The third-order valence-electron chi connectivity index (χ3n) is 3.39. The molecule has 1 aliphatic heterocycles. The molecule has 2 rings (SSSR count). The van der Waals surface area contributed by atoms with Gasteiger partial charge >= 0.3 is 0 Å². The van der Waals surface area contributed by atoms with Gasteiger partial charge in [-0.05, 0) is 25.3 Å². The monoisotopic (exact) mass is 250 g/mol. The fourth-order valence-corrected chi connectivity index (χ4v) is 2.28. The lowest BCUT2D eigenvalue weighted by Crippen LogP contribution is -2.11. The minimum absolute atomic E-state index is 0.355. The van der Waals surface area contributed by atoms with Gasteiger partial charge in [-0.2, -0.15) is 0 Å². The first-order valence-electron chi connectivity index (χ1n) is 6.82. The van der Waals surface area contributed by atoms with E-state index in [9.17, 15) is 5.11 Å². The number of hydrogen-bond donors (Lipinski definition) is 1. The molecule has 0 bridgehead atoms. The summed E-state index contributed by atoms with van der Waals surface area (Å²) in [6.07, 6.45) is 3.85. The van der Waals surface area contributed by atoms with E-state index in [-0.39, 0.29) is 0 Å². The molecule has 1 aliphatic rings. The Morgan fingerprint density at radius 1 is 1.44 bits per heavy atom. The van der Waals surface area contributed by atoms with Crippen molar-refractivity contribution in [2.24, 2.45) is 0 Å². The second kappa shape index (κ2) is 6.76. The van der Waals surface area contributed by atoms with Crippen molar-refractivity contribution in [3.05, 3.63) is 29.8 Å². The largest absolute Gasteiger partial charge is 0.493 e. The Morgan fingerprint density at radius 3 is 3.00 bits per heavy atom. The maximum Gasteiger partial charge on any atom is 0.125 e. The van der Waals surface area contributed by atoms with Crippen LogP contribution in [0, 0.1) is 0 Å². The summed E-state index contributed by atoms with van der Waals surface area (Å²) in [7, 11) is 0. The van der Waals surface area contributed by atoms with Crippen LogP contribution in [-0.2, 0) is 4.74 Å². The lowest BCUT2D eigenvalue weighted by atomic mass is 10.1. The summed E-state index contributed by atoms with van der Waals surface area (Å²) in [5, 5.41) is 9.92.